The highest BCUT2D eigenvalue weighted by Crippen LogP contribution is 2.39. The van der Waals surface area contributed by atoms with Crippen molar-refractivity contribution in [2.75, 3.05) is 33.1 Å². The van der Waals surface area contributed by atoms with Crippen molar-refractivity contribution in [2.24, 2.45) is 5.41 Å². The molecule has 1 aliphatic carbocycles. The normalized spacial score (nSPS) is 18.8. The molecule has 0 unspecified atom stereocenters. The van der Waals surface area contributed by atoms with Crippen molar-refractivity contribution >= 4 is 22.1 Å². The van der Waals surface area contributed by atoms with Crippen LogP contribution in [0.25, 0.3) is 11.1 Å². The van der Waals surface area contributed by atoms with E-state index in [1.165, 1.54) is 7.11 Å². The van der Waals surface area contributed by atoms with Gasteiger partial charge in [0.25, 0.3) is 0 Å². The van der Waals surface area contributed by atoms with E-state index < -0.39 is 33.1 Å². The zero-order valence-corrected chi connectivity index (χ0v) is 24.9. The molecule has 1 amide bonds. The van der Waals surface area contributed by atoms with E-state index in [-0.39, 0.29) is 19.1 Å². The largest absolute Gasteiger partial charge is 0.491 e. The average Bonchev–Trinajstić information content (AvgIpc) is 3.27. The number of para-hydroxylation sites is 1. The Balaban J connectivity index is 1.76. The number of hydrogen-bond acceptors (Lipinski definition) is 7. The molecule has 0 aliphatic heterocycles. The van der Waals surface area contributed by atoms with Crippen LogP contribution >= 0.6 is 0 Å². The molecule has 0 radical (unpaired) electrons. The number of carbonyl (C=O) groups excluding carboxylic acids is 2. The third kappa shape index (κ3) is 8.56. The van der Waals surface area contributed by atoms with Gasteiger partial charge in [0.05, 0.1) is 25.3 Å². The lowest BCUT2D eigenvalue weighted by Crippen LogP contribution is -2.38. The van der Waals surface area contributed by atoms with E-state index in [2.05, 4.69) is 4.72 Å². The maximum Gasteiger partial charge on any atom is 0.410 e. The van der Waals surface area contributed by atoms with Gasteiger partial charge in [-0.25, -0.2) is 17.9 Å². The lowest BCUT2D eigenvalue weighted by atomic mass is 9.80. The van der Waals surface area contributed by atoms with Gasteiger partial charge in [0.1, 0.15) is 18.0 Å². The molecule has 2 atom stereocenters. The first-order valence-electron chi connectivity index (χ1n) is 13.3. The van der Waals surface area contributed by atoms with Crippen molar-refractivity contribution < 1.29 is 32.2 Å². The SMILES string of the molecule is CCN(CCOc1ccccc1-c1cccc(C[C@]2(C(=O)OC)C=C[C@H](NS(C)(=O)=O)C2)c1)C(=O)OC(C)(C)C. The number of sulfonamides is 1. The van der Waals surface area contributed by atoms with Crippen LogP contribution in [0, 0.1) is 5.41 Å². The number of likely N-dealkylation sites (N-methyl/N-ethyl adjacent to an activating group) is 1. The van der Waals surface area contributed by atoms with Gasteiger partial charge in [0, 0.05) is 18.2 Å². The lowest BCUT2D eigenvalue weighted by Gasteiger charge is -2.27. The number of benzene rings is 2. The van der Waals surface area contributed by atoms with Crippen LogP contribution in [0.3, 0.4) is 0 Å². The molecule has 9 nitrogen and oxygen atoms in total. The van der Waals surface area contributed by atoms with Crippen molar-refractivity contribution in [1.82, 2.24) is 9.62 Å². The number of ether oxygens (including phenoxy) is 3. The molecule has 10 heteroatoms. The molecule has 0 fully saturated rings. The van der Waals surface area contributed by atoms with Gasteiger partial charge in [0.2, 0.25) is 10.0 Å². The average molecular weight is 573 g/mol. The van der Waals surface area contributed by atoms with E-state index in [9.17, 15) is 18.0 Å². The van der Waals surface area contributed by atoms with Crippen molar-refractivity contribution in [3.63, 3.8) is 0 Å². The molecule has 0 saturated carbocycles. The van der Waals surface area contributed by atoms with Crippen molar-refractivity contribution in [1.29, 1.82) is 0 Å². The van der Waals surface area contributed by atoms with E-state index in [1.807, 2.05) is 76.2 Å². The molecule has 1 N–H and O–H groups in total. The first-order valence-corrected chi connectivity index (χ1v) is 15.2. The van der Waals surface area contributed by atoms with Crippen LogP contribution < -0.4 is 9.46 Å². The van der Waals surface area contributed by atoms with Crippen LogP contribution in [0.2, 0.25) is 0 Å². The van der Waals surface area contributed by atoms with Crippen molar-refractivity contribution in [2.45, 2.75) is 52.2 Å². The molecular weight excluding hydrogens is 532 g/mol. The molecule has 0 spiro atoms. The molecule has 3 rings (SSSR count). The number of carbonyl (C=O) groups is 2. The summed E-state index contributed by atoms with van der Waals surface area (Å²) in [5.41, 5.74) is 1.10. The zero-order valence-electron chi connectivity index (χ0n) is 24.1. The van der Waals surface area contributed by atoms with Gasteiger partial charge in [-0.05, 0) is 57.7 Å². The topological polar surface area (TPSA) is 111 Å². The minimum absolute atomic E-state index is 0.266. The van der Waals surface area contributed by atoms with E-state index in [0.717, 1.165) is 22.9 Å². The summed E-state index contributed by atoms with van der Waals surface area (Å²) in [5.74, 6) is 0.252. The number of amides is 1. The summed E-state index contributed by atoms with van der Waals surface area (Å²) in [4.78, 5) is 26.9. The Bertz CT molecular complexity index is 1330. The Morgan fingerprint density at radius 1 is 1.12 bits per heavy atom. The predicted octanol–water partition coefficient (Wildman–Crippen LogP) is 4.57. The Hall–Kier alpha value is -3.37. The van der Waals surface area contributed by atoms with Crippen LogP contribution in [0.5, 0.6) is 5.75 Å². The van der Waals surface area contributed by atoms with Gasteiger partial charge in [0.15, 0.2) is 0 Å². The zero-order chi connectivity index (χ0) is 29.6. The molecule has 40 heavy (non-hydrogen) atoms. The van der Waals surface area contributed by atoms with Gasteiger partial charge in [-0.1, -0.05) is 54.6 Å². The van der Waals surface area contributed by atoms with E-state index >= 15 is 0 Å². The van der Waals surface area contributed by atoms with E-state index in [0.29, 0.717) is 25.3 Å². The first-order chi connectivity index (χ1) is 18.7. The van der Waals surface area contributed by atoms with Crippen LogP contribution in [-0.2, 0) is 30.7 Å². The second-order valence-electron chi connectivity index (χ2n) is 11.0. The summed E-state index contributed by atoms with van der Waals surface area (Å²) >= 11 is 0. The first kappa shape index (κ1) is 31.2. The Morgan fingerprint density at radius 3 is 2.50 bits per heavy atom. The van der Waals surface area contributed by atoms with E-state index in [1.54, 1.807) is 17.1 Å². The summed E-state index contributed by atoms with van der Waals surface area (Å²) in [6.07, 6.45) is 4.78. The van der Waals surface area contributed by atoms with Gasteiger partial charge >= 0.3 is 12.1 Å². The Kier molecular flexibility index (Phi) is 10.0. The number of rotatable bonds is 11. The fourth-order valence-electron chi connectivity index (χ4n) is 4.76. The van der Waals surface area contributed by atoms with Gasteiger partial charge < -0.3 is 19.1 Å². The number of nitrogens with zero attached hydrogens (tertiary/aromatic N) is 1. The highest BCUT2D eigenvalue weighted by atomic mass is 32.2. The fraction of sp³-hybridized carbons (Fsp3) is 0.467. The maximum atomic E-state index is 12.9. The van der Waals surface area contributed by atoms with Crippen LogP contribution in [0.15, 0.2) is 60.7 Å². The summed E-state index contributed by atoms with van der Waals surface area (Å²) in [7, 11) is -2.10. The highest BCUT2D eigenvalue weighted by molar-refractivity contribution is 7.88. The van der Waals surface area contributed by atoms with Crippen molar-refractivity contribution in [3.8, 4) is 16.9 Å². The molecular formula is C30H40N2O7S. The van der Waals surface area contributed by atoms with Crippen LogP contribution in [-0.4, -0.2) is 70.1 Å². The third-order valence-corrected chi connectivity index (χ3v) is 7.22. The van der Waals surface area contributed by atoms with E-state index in [4.69, 9.17) is 14.2 Å². The summed E-state index contributed by atoms with van der Waals surface area (Å²) in [5, 5.41) is 0. The molecule has 2 aromatic carbocycles. The molecule has 0 heterocycles. The quantitative estimate of drug-likeness (QED) is 0.310. The highest BCUT2D eigenvalue weighted by Gasteiger charge is 2.43. The fourth-order valence-corrected chi connectivity index (χ4v) is 5.47. The Morgan fingerprint density at radius 2 is 1.85 bits per heavy atom. The summed E-state index contributed by atoms with van der Waals surface area (Å²) < 4.78 is 42.8. The second kappa shape index (κ2) is 12.9. The number of esters is 1. The molecule has 1 aliphatic rings. The maximum absolute atomic E-state index is 12.9. The van der Waals surface area contributed by atoms with Gasteiger partial charge in [-0.15, -0.1) is 0 Å². The lowest BCUT2D eigenvalue weighted by molar-refractivity contribution is -0.149. The number of methoxy groups -OCH3 is 1. The van der Waals surface area contributed by atoms with Crippen molar-refractivity contribution in [3.05, 3.63) is 66.2 Å². The van der Waals surface area contributed by atoms with Crippen LogP contribution in [0.4, 0.5) is 4.79 Å². The smallest absolute Gasteiger partial charge is 0.410 e. The second-order valence-corrected chi connectivity index (χ2v) is 12.8. The van der Waals surface area contributed by atoms with Gasteiger partial charge in [-0.3, -0.25) is 4.79 Å². The molecule has 2 aromatic rings. The molecule has 0 saturated heterocycles. The minimum Gasteiger partial charge on any atom is -0.491 e. The minimum atomic E-state index is -3.43. The third-order valence-electron chi connectivity index (χ3n) is 6.49. The van der Waals surface area contributed by atoms with Crippen LogP contribution in [0.1, 0.15) is 39.7 Å². The standard InChI is InChI=1S/C30H40N2O7S/c1-7-32(28(34)39-29(2,3)4)17-18-38-26-14-9-8-13-25(26)23-12-10-11-22(19-23)20-30(27(33)37-5)16-15-24(21-30)31-40(6,35)36/h8-16,19,24,31H,7,17-18,20-21H2,1-6H3/t24-,30+/m0/s1. The summed E-state index contributed by atoms with van der Waals surface area (Å²) in [6.45, 7) is 8.55. The molecule has 218 valence electrons. The van der Waals surface area contributed by atoms with Gasteiger partial charge in [-0.2, -0.15) is 0 Å². The number of hydrogen-bond donors (Lipinski definition) is 1. The predicted molar refractivity (Wildman–Crippen MR) is 155 cm³/mol. The Labute approximate surface area is 237 Å². The summed E-state index contributed by atoms with van der Waals surface area (Å²) in [6, 6.07) is 15.0. The monoisotopic (exact) mass is 572 g/mol. The molecule has 0 aromatic heterocycles. The number of nitrogens with one attached hydrogen (secondary N) is 1. The molecule has 0 bridgehead atoms.